The Labute approximate surface area is 197 Å². The van der Waals surface area contributed by atoms with E-state index in [1.807, 2.05) is 62.4 Å². The fraction of sp³-hybridized carbons (Fsp3) is 0.296. The van der Waals surface area contributed by atoms with Gasteiger partial charge in [-0.05, 0) is 62.1 Å². The molecule has 3 aromatic rings. The normalized spacial score (nSPS) is 11.5. The quantitative estimate of drug-likeness (QED) is 0.432. The van der Waals surface area contributed by atoms with Crippen LogP contribution in [0.5, 0.6) is 0 Å². The first-order chi connectivity index (χ1) is 15.8. The zero-order valence-electron chi connectivity index (χ0n) is 19.5. The van der Waals surface area contributed by atoms with Gasteiger partial charge in [0.05, 0.1) is 11.4 Å². The van der Waals surface area contributed by atoms with Crippen molar-refractivity contribution in [3.8, 4) is 0 Å². The first kappa shape index (κ1) is 24.7. The lowest BCUT2D eigenvalue weighted by Crippen LogP contribution is -2.37. The lowest BCUT2D eigenvalue weighted by atomic mass is 10.1. The summed E-state index contributed by atoms with van der Waals surface area (Å²) >= 11 is 0. The fourth-order valence-electron chi connectivity index (χ4n) is 3.48. The van der Waals surface area contributed by atoms with E-state index in [4.69, 9.17) is 0 Å². The van der Waals surface area contributed by atoms with Gasteiger partial charge < -0.3 is 5.32 Å². The van der Waals surface area contributed by atoms with Crippen LogP contribution in [0.2, 0.25) is 0 Å². The van der Waals surface area contributed by atoms with Crippen LogP contribution >= 0.6 is 0 Å². The summed E-state index contributed by atoms with van der Waals surface area (Å²) in [5, 5.41) is 2.84. The standard InChI is InChI=1S/C27H32N2O3S/c1-4-5-6-23-13-15-25(16-14-23)28-27(30)20-29(19-24-11-7-21(2)8-12-24)33(31,32)26-17-9-22(3)10-18-26/h7-18H,4-6,19-20H2,1-3H3,(H,28,30). The third kappa shape index (κ3) is 7.01. The number of nitrogens with one attached hydrogen (secondary N) is 1. The van der Waals surface area contributed by atoms with E-state index < -0.39 is 10.0 Å². The fourth-order valence-corrected chi connectivity index (χ4v) is 4.86. The molecule has 0 atom stereocenters. The maximum absolute atomic E-state index is 13.4. The predicted molar refractivity (Wildman–Crippen MR) is 134 cm³/mol. The van der Waals surface area contributed by atoms with Crippen LogP contribution in [0.3, 0.4) is 0 Å². The van der Waals surface area contributed by atoms with Gasteiger partial charge in [-0.1, -0.05) is 73.0 Å². The molecule has 0 aliphatic carbocycles. The van der Waals surface area contributed by atoms with E-state index >= 15 is 0 Å². The smallest absolute Gasteiger partial charge is 0.243 e. The monoisotopic (exact) mass is 464 g/mol. The number of nitrogens with zero attached hydrogens (tertiary/aromatic N) is 1. The molecule has 0 saturated heterocycles. The third-order valence-corrected chi connectivity index (χ3v) is 7.32. The van der Waals surface area contributed by atoms with Crippen molar-refractivity contribution in [1.29, 1.82) is 0 Å². The molecular formula is C27H32N2O3S. The van der Waals surface area contributed by atoms with Gasteiger partial charge in [0, 0.05) is 12.2 Å². The Morgan fingerprint density at radius 3 is 1.94 bits per heavy atom. The number of anilines is 1. The Morgan fingerprint density at radius 1 is 0.818 bits per heavy atom. The second-order valence-electron chi connectivity index (χ2n) is 8.42. The highest BCUT2D eigenvalue weighted by molar-refractivity contribution is 7.89. The van der Waals surface area contributed by atoms with Gasteiger partial charge >= 0.3 is 0 Å². The number of carbonyl (C=O) groups is 1. The SMILES string of the molecule is CCCCc1ccc(NC(=O)CN(Cc2ccc(C)cc2)S(=O)(=O)c2ccc(C)cc2)cc1. The molecule has 1 N–H and O–H groups in total. The van der Waals surface area contributed by atoms with Gasteiger partial charge in [0.2, 0.25) is 15.9 Å². The van der Waals surface area contributed by atoms with Crippen LogP contribution in [0.1, 0.15) is 42.0 Å². The van der Waals surface area contributed by atoms with Crippen LogP contribution < -0.4 is 5.32 Å². The highest BCUT2D eigenvalue weighted by Gasteiger charge is 2.27. The zero-order chi connectivity index (χ0) is 23.8. The second kappa shape index (κ2) is 11.3. The van der Waals surface area contributed by atoms with Crippen LogP contribution in [0, 0.1) is 13.8 Å². The molecule has 3 rings (SSSR count). The Balaban J connectivity index is 1.79. The average Bonchev–Trinajstić information content (AvgIpc) is 2.80. The molecule has 0 heterocycles. The Bertz CT molecular complexity index is 1150. The minimum absolute atomic E-state index is 0.111. The first-order valence-electron chi connectivity index (χ1n) is 11.3. The summed E-state index contributed by atoms with van der Waals surface area (Å²) in [4.78, 5) is 13.0. The molecule has 0 saturated carbocycles. The highest BCUT2D eigenvalue weighted by Crippen LogP contribution is 2.20. The molecule has 0 bridgehead atoms. The molecule has 0 aromatic heterocycles. The van der Waals surface area contributed by atoms with Crippen molar-refractivity contribution in [2.24, 2.45) is 0 Å². The molecule has 3 aromatic carbocycles. The lowest BCUT2D eigenvalue weighted by molar-refractivity contribution is -0.116. The number of rotatable bonds is 10. The molecule has 0 aliphatic rings. The number of hydrogen-bond donors (Lipinski definition) is 1. The number of amides is 1. The minimum atomic E-state index is -3.86. The predicted octanol–water partition coefficient (Wildman–Crippen LogP) is 5.48. The van der Waals surface area contributed by atoms with E-state index in [-0.39, 0.29) is 23.9 Å². The largest absolute Gasteiger partial charge is 0.325 e. The van der Waals surface area contributed by atoms with Gasteiger partial charge in [-0.3, -0.25) is 4.79 Å². The summed E-state index contributed by atoms with van der Waals surface area (Å²) in [6.45, 7) is 5.87. The van der Waals surface area contributed by atoms with E-state index in [1.54, 1.807) is 24.3 Å². The van der Waals surface area contributed by atoms with Crippen molar-refractivity contribution in [3.05, 3.63) is 95.1 Å². The van der Waals surface area contributed by atoms with E-state index in [0.717, 1.165) is 36.0 Å². The Morgan fingerprint density at radius 2 is 1.36 bits per heavy atom. The van der Waals surface area contributed by atoms with Crippen LogP contribution in [-0.2, 0) is 27.8 Å². The molecule has 0 spiro atoms. The number of unbranched alkanes of at least 4 members (excludes halogenated alkanes) is 1. The van der Waals surface area contributed by atoms with Gasteiger partial charge in [0.25, 0.3) is 0 Å². The molecule has 6 heteroatoms. The minimum Gasteiger partial charge on any atom is -0.325 e. The van der Waals surface area contributed by atoms with Crippen LogP contribution in [0.25, 0.3) is 0 Å². The summed E-state index contributed by atoms with van der Waals surface area (Å²) in [6.07, 6.45) is 3.26. The first-order valence-corrected chi connectivity index (χ1v) is 12.7. The van der Waals surface area contributed by atoms with Gasteiger partial charge in [-0.25, -0.2) is 8.42 Å². The maximum Gasteiger partial charge on any atom is 0.243 e. The number of carbonyl (C=O) groups excluding carboxylic acids is 1. The van der Waals surface area contributed by atoms with Gasteiger partial charge in [0.15, 0.2) is 0 Å². The van der Waals surface area contributed by atoms with Gasteiger partial charge in [0.1, 0.15) is 0 Å². The van der Waals surface area contributed by atoms with Crippen molar-refractivity contribution in [1.82, 2.24) is 4.31 Å². The molecule has 1 amide bonds. The van der Waals surface area contributed by atoms with Crippen LogP contribution in [0.4, 0.5) is 5.69 Å². The lowest BCUT2D eigenvalue weighted by Gasteiger charge is -2.22. The highest BCUT2D eigenvalue weighted by atomic mass is 32.2. The molecular weight excluding hydrogens is 432 g/mol. The summed E-state index contributed by atoms with van der Waals surface area (Å²) in [6, 6.07) is 22.1. The van der Waals surface area contributed by atoms with Crippen molar-refractivity contribution in [2.45, 2.75) is 51.5 Å². The topological polar surface area (TPSA) is 66.5 Å². The molecule has 0 fully saturated rings. The average molecular weight is 465 g/mol. The maximum atomic E-state index is 13.4. The van der Waals surface area contributed by atoms with Crippen LogP contribution in [0.15, 0.2) is 77.7 Å². The number of benzene rings is 3. The van der Waals surface area contributed by atoms with Crippen molar-refractivity contribution in [3.63, 3.8) is 0 Å². The van der Waals surface area contributed by atoms with Crippen molar-refractivity contribution < 1.29 is 13.2 Å². The van der Waals surface area contributed by atoms with Crippen molar-refractivity contribution >= 4 is 21.6 Å². The van der Waals surface area contributed by atoms with E-state index in [0.29, 0.717) is 5.69 Å². The number of sulfonamides is 1. The molecule has 0 radical (unpaired) electrons. The van der Waals surface area contributed by atoms with E-state index in [1.165, 1.54) is 9.87 Å². The van der Waals surface area contributed by atoms with E-state index in [9.17, 15) is 13.2 Å². The zero-order valence-corrected chi connectivity index (χ0v) is 20.4. The van der Waals surface area contributed by atoms with Crippen molar-refractivity contribution in [2.75, 3.05) is 11.9 Å². The van der Waals surface area contributed by atoms with Crippen LogP contribution in [-0.4, -0.2) is 25.2 Å². The summed E-state index contributed by atoms with van der Waals surface area (Å²) in [7, 11) is -3.86. The molecule has 5 nitrogen and oxygen atoms in total. The summed E-state index contributed by atoms with van der Waals surface area (Å²) in [5.74, 6) is -0.376. The molecule has 33 heavy (non-hydrogen) atoms. The third-order valence-electron chi connectivity index (χ3n) is 5.51. The van der Waals surface area contributed by atoms with E-state index in [2.05, 4.69) is 12.2 Å². The molecule has 0 unspecified atom stereocenters. The Kier molecular flexibility index (Phi) is 8.42. The second-order valence-corrected chi connectivity index (χ2v) is 10.4. The summed E-state index contributed by atoms with van der Waals surface area (Å²) in [5.41, 5.74) is 4.76. The van der Waals surface area contributed by atoms with Gasteiger partial charge in [-0.15, -0.1) is 0 Å². The van der Waals surface area contributed by atoms with Gasteiger partial charge in [-0.2, -0.15) is 4.31 Å². The number of hydrogen-bond acceptors (Lipinski definition) is 3. The summed E-state index contributed by atoms with van der Waals surface area (Å²) < 4.78 is 28.0. The Hall–Kier alpha value is -2.96. The molecule has 0 aliphatic heterocycles. The number of aryl methyl sites for hydroxylation is 3. The molecule has 174 valence electrons.